The number of piperidine rings is 1. The maximum atomic E-state index is 10.7. The number of likely N-dealkylation sites (tertiary alicyclic amines) is 1. The molecule has 5 nitrogen and oxygen atoms in total. The van der Waals surface area contributed by atoms with Crippen molar-refractivity contribution in [3.8, 4) is 0 Å². The molecule has 2 rings (SSSR count). The van der Waals surface area contributed by atoms with Gasteiger partial charge in [-0.25, -0.2) is 4.99 Å². The molecular formula is C20H34N4O. The van der Waals surface area contributed by atoms with Crippen molar-refractivity contribution in [3.05, 3.63) is 35.9 Å². The Kier molecular flexibility index (Phi) is 7.72. The normalized spacial score (nSPS) is 19.4. The molecule has 140 valence electrons. The highest BCUT2D eigenvalue weighted by Crippen LogP contribution is 2.20. The van der Waals surface area contributed by atoms with Crippen molar-refractivity contribution in [1.82, 2.24) is 15.5 Å². The Hall–Kier alpha value is -1.59. The SMILES string of the molecule is CCNC(=NCC(C)(O)c1ccccc1)NCCC1CCN(C)CC1. The Morgan fingerprint density at radius 2 is 1.92 bits per heavy atom. The lowest BCUT2D eigenvalue weighted by atomic mass is 9.94. The molecule has 1 heterocycles. The third kappa shape index (κ3) is 6.67. The summed E-state index contributed by atoms with van der Waals surface area (Å²) < 4.78 is 0. The molecule has 5 heteroatoms. The highest BCUT2D eigenvalue weighted by molar-refractivity contribution is 5.79. The second-order valence-corrected chi connectivity index (χ2v) is 7.30. The second-order valence-electron chi connectivity index (χ2n) is 7.30. The molecular weight excluding hydrogens is 312 g/mol. The van der Waals surface area contributed by atoms with Crippen molar-refractivity contribution in [2.45, 2.75) is 38.7 Å². The van der Waals surface area contributed by atoms with Crippen molar-refractivity contribution in [1.29, 1.82) is 0 Å². The van der Waals surface area contributed by atoms with Gasteiger partial charge in [0.2, 0.25) is 0 Å². The summed E-state index contributed by atoms with van der Waals surface area (Å²) >= 11 is 0. The monoisotopic (exact) mass is 346 g/mol. The van der Waals surface area contributed by atoms with Gasteiger partial charge >= 0.3 is 0 Å². The fraction of sp³-hybridized carbons (Fsp3) is 0.650. The Morgan fingerprint density at radius 3 is 2.56 bits per heavy atom. The van der Waals surface area contributed by atoms with Crippen LogP contribution in [0, 0.1) is 5.92 Å². The summed E-state index contributed by atoms with van der Waals surface area (Å²) in [6.45, 7) is 8.36. The van der Waals surface area contributed by atoms with E-state index in [4.69, 9.17) is 0 Å². The average molecular weight is 347 g/mol. The van der Waals surface area contributed by atoms with Crippen molar-refractivity contribution in [2.75, 3.05) is 39.8 Å². The van der Waals surface area contributed by atoms with E-state index in [0.29, 0.717) is 6.54 Å². The first-order valence-corrected chi connectivity index (χ1v) is 9.50. The van der Waals surface area contributed by atoms with E-state index in [2.05, 4.69) is 34.5 Å². The quantitative estimate of drug-likeness (QED) is 0.523. The zero-order chi connectivity index (χ0) is 18.1. The van der Waals surface area contributed by atoms with E-state index >= 15 is 0 Å². The Balaban J connectivity index is 1.83. The molecule has 1 fully saturated rings. The Morgan fingerprint density at radius 1 is 1.24 bits per heavy atom. The van der Waals surface area contributed by atoms with E-state index in [1.54, 1.807) is 0 Å². The molecule has 1 aromatic carbocycles. The molecule has 3 N–H and O–H groups in total. The molecule has 0 aromatic heterocycles. The molecule has 0 bridgehead atoms. The van der Waals surface area contributed by atoms with Gasteiger partial charge in [-0.15, -0.1) is 0 Å². The molecule has 1 atom stereocenters. The molecule has 0 radical (unpaired) electrons. The highest BCUT2D eigenvalue weighted by Gasteiger charge is 2.22. The summed E-state index contributed by atoms with van der Waals surface area (Å²) in [5.41, 5.74) is -0.0710. The van der Waals surface area contributed by atoms with Crippen LogP contribution in [0.25, 0.3) is 0 Å². The molecule has 0 amide bonds. The van der Waals surface area contributed by atoms with Crippen LogP contribution >= 0.6 is 0 Å². The van der Waals surface area contributed by atoms with Crippen LogP contribution in [0.15, 0.2) is 35.3 Å². The molecule has 0 saturated carbocycles. The van der Waals surface area contributed by atoms with Crippen LogP contribution in [-0.2, 0) is 5.60 Å². The van der Waals surface area contributed by atoms with Gasteiger partial charge in [0, 0.05) is 13.1 Å². The van der Waals surface area contributed by atoms with Gasteiger partial charge in [-0.2, -0.15) is 0 Å². The lowest BCUT2D eigenvalue weighted by Crippen LogP contribution is -2.40. The third-order valence-corrected chi connectivity index (χ3v) is 4.97. The highest BCUT2D eigenvalue weighted by atomic mass is 16.3. The topological polar surface area (TPSA) is 59.9 Å². The van der Waals surface area contributed by atoms with Gasteiger partial charge in [0.15, 0.2) is 5.96 Å². The van der Waals surface area contributed by atoms with Crippen LogP contribution in [0.1, 0.15) is 38.7 Å². The van der Waals surface area contributed by atoms with Gasteiger partial charge < -0.3 is 20.6 Å². The third-order valence-electron chi connectivity index (χ3n) is 4.97. The maximum Gasteiger partial charge on any atom is 0.191 e. The van der Waals surface area contributed by atoms with E-state index in [0.717, 1.165) is 30.5 Å². The number of rotatable bonds is 7. The molecule has 1 saturated heterocycles. The number of benzene rings is 1. The summed E-state index contributed by atoms with van der Waals surface area (Å²) in [7, 11) is 2.20. The van der Waals surface area contributed by atoms with E-state index in [9.17, 15) is 5.11 Å². The molecule has 25 heavy (non-hydrogen) atoms. The van der Waals surface area contributed by atoms with Gasteiger partial charge in [0.05, 0.1) is 6.54 Å². The Bertz CT molecular complexity index is 522. The van der Waals surface area contributed by atoms with E-state index in [1.807, 2.05) is 37.3 Å². The Labute approximate surface area is 152 Å². The second kappa shape index (κ2) is 9.78. The predicted molar refractivity (Wildman–Crippen MR) is 105 cm³/mol. The van der Waals surface area contributed by atoms with Gasteiger partial charge in [0.25, 0.3) is 0 Å². The summed E-state index contributed by atoms with van der Waals surface area (Å²) in [6.07, 6.45) is 3.75. The van der Waals surface area contributed by atoms with Gasteiger partial charge in [-0.1, -0.05) is 30.3 Å². The number of hydrogen-bond acceptors (Lipinski definition) is 3. The number of aliphatic imine (C=N–C) groups is 1. The minimum absolute atomic E-state index is 0.334. The number of guanidine groups is 1. The standard InChI is InChI=1S/C20H34N4O/c1-4-21-19(22-13-10-17-11-14-24(3)15-12-17)23-16-20(2,25)18-8-6-5-7-9-18/h5-9,17,25H,4,10-16H2,1-3H3,(H2,21,22,23). The summed E-state index contributed by atoms with van der Waals surface area (Å²) in [6, 6.07) is 9.72. The maximum absolute atomic E-state index is 10.7. The molecule has 1 aliphatic heterocycles. The van der Waals surface area contributed by atoms with Crippen molar-refractivity contribution in [3.63, 3.8) is 0 Å². The number of nitrogens with one attached hydrogen (secondary N) is 2. The zero-order valence-electron chi connectivity index (χ0n) is 16.0. The fourth-order valence-corrected chi connectivity index (χ4v) is 3.21. The lowest BCUT2D eigenvalue weighted by molar-refractivity contribution is 0.0672. The smallest absolute Gasteiger partial charge is 0.191 e. The van der Waals surface area contributed by atoms with Crippen LogP contribution in [0.3, 0.4) is 0 Å². The van der Waals surface area contributed by atoms with Gasteiger partial charge in [0.1, 0.15) is 5.60 Å². The van der Waals surface area contributed by atoms with Crippen LogP contribution in [0.2, 0.25) is 0 Å². The molecule has 1 aromatic rings. The van der Waals surface area contributed by atoms with Gasteiger partial charge in [-0.3, -0.25) is 0 Å². The van der Waals surface area contributed by atoms with E-state index in [-0.39, 0.29) is 0 Å². The largest absolute Gasteiger partial charge is 0.384 e. The first kappa shape index (κ1) is 19.7. The van der Waals surface area contributed by atoms with Crippen molar-refractivity contribution < 1.29 is 5.11 Å². The zero-order valence-corrected chi connectivity index (χ0v) is 16.0. The number of hydrogen-bond donors (Lipinski definition) is 3. The molecule has 1 aliphatic rings. The summed E-state index contributed by atoms with van der Waals surface area (Å²) in [4.78, 5) is 7.00. The summed E-state index contributed by atoms with van der Waals surface area (Å²) in [5, 5.41) is 17.4. The minimum Gasteiger partial charge on any atom is -0.384 e. The first-order chi connectivity index (χ1) is 12.0. The lowest BCUT2D eigenvalue weighted by Gasteiger charge is -2.29. The number of aliphatic hydroxyl groups is 1. The molecule has 0 aliphatic carbocycles. The van der Waals surface area contributed by atoms with Crippen LogP contribution < -0.4 is 10.6 Å². The first-order valence-electron chi connectivity index (χ1n) is 9.50. The predicted octanol–water partition coefficient (Wildman–Crippen LogP) is 2.18. The van der Waals surface area contributed by atoms with Crippen molar-refractivity contribution >= 4 is 5.96 Å². The van der Waals surface area contributed by atoms with Crippen molar-refractivity contribution in [2.24, 2.45) is 10.9 Å². The van der Waals surface area contributed by atoms with Crippen LogP contribution in [0.5, 0.6) is 0 Å². The summed E-state index contributed by atoms with van der Waals surface area (Å²) in [5.74, 6) is 1.59. The van der Waals surface area contributed by atoms with E-state index in [1.165, 1.54) is 32.4 Å². The molecule has 1 unspecified atom stereocenters. The van der Waals surface area contributed by atoms with Gasteiger partial charge in [-0.05, 0) is 64.7 Å². The fourth-order valence-electron chi connectivity index (χ4n) is 3.21. The molecule has 0 spiro atoms. The van der Waals surface area contributed by atoms with Crippen LogP contribution in [0.4, 0.5) is 0 Å². The van der Waals surface area contributed by atoms with Crippen LogP contribution in [-0.4, -0.2) is 55.7 Å². The average Bonchev–Trinajstić information content (AvgIpc) is 2.62. The van der Waals surface area contributed by atoms with E-state index < -0.39 is 5.60 Å². The minimum atomic E-state index is -0.961. The number of nitrogens with zero attached hydrogens (tertiary/aromatic N) is 2.